The Morgan fingerprint density at radius 3 is 1.85 bits per heavy atom. The van der Waals surface area contributed by atoms with Gasteiger partial charge in [-0.15, -0.1) is 0 Å². The van der Waals surface area contributed by atoms with Gasteiger partial charge in [-0.3, -0.25) is 0 Å². The zero-order valence-corrected chi connectivity index (χ0v) is 29.4. The largest absolute Gasteiger partial charge is 0.619 e. The molecule has 10 nitrogen and oxygen atoms in total. The van der Waals surface area contributed by atoms with Gasteiger partial charge in [0.15, 0.2) is 12.4 Å². The second-order valence-corrected chi connectivity index (χ2v) is 13.5. The third kappa shape index (κ3) is 8.68. The van der Waals surface area contributed by atoms with Crippen LogP contribution in [-0.2, 0) is 6.42 Å². The van der Waals surface area contributed by atoms with Gasteiger partial charge >= 0.3 is 11.9 Å². The number of ether oxygens (including phenoxy) is 1. The molecule has 1 aromatic heterocycles. The first-order valence-corrected chi connectivity index (χ1v) is 17.7. The molecule has 272 valence electrons. The molecule has 0 saturated carbocycles. The number of rotatable bonds is 10. The maximum absolute atomic E-state index is 11.6. The van der Waals surface area contributed by atoms with Gasteiger partial charge in [-0.05, 0) is 88.7 Å². The van der Waals surface area contributed by atoms with Crippen molar-refractivity contribution < 1.29 is 39.5 Å². The molecule has 10 heteroatoms. The monoisotopic (exact) mass is 714 g/mol. The summed E-state index contributed by atoms with van der Waals surface area (Å²) in [7, 11) is 0. The van der Waals surface area contributed by atoms with Crippen molar-refractivity contribution in [2.75, 3.05) is 26.2 Å². The molecule has 5 aromatic carbocycles. The van der Waals surface area contributed by atoms with Crippen molar-refractivity contribution in [2.45, 2.75) is 32.6 Å². The number of aromatic carboxylic acids is 2. The van der Waals surface area contributed by atoms with Crippen LogP contribution >= 0.6 is 0 Å². The van der Waals surface area contributed by atoms with Crippen molar-refractivity contribution in [3.05, 3.63) is 137 Å². The first kappa shape index (κ1) is 36.7. The average Bonchev–Trinajstić information content (AvgIpc) is 3.16. The molecule has 2 heterocycles. The molecule has 53 heavy (non-hydrogen) atoms. The molecule has 1 fully saturated rings. The Morgan fingerprint density at radius 1 is 0.792 bits per heavy atom. The highest BCUT2D eigenvalue weighted by atomic mass is 16.5. The molecule has 1 saturated heterocycles. The summed E-state index contributed by atoms with van der Waals surface area (Å²) >= 11 is 0. The smallest absolute Gasteiger partial charge is 0.339 e. The van der Waals surface area contributed by atoms with Gasteiger partial charge in [0.25, 0.3) is 0 Å². The lowest BCUT2D eigenvalue weighted by Crippen LogP contribution is -2.35. The minimum atomic E-state index is -1.28. The van der Waals surface area contributed by atoms with Gasteiger partial charge in [0.05, 0.1) is 6.61 Å². The number of aromatic nitrogens is 1. The summed E-state index contributed by atoms with van der Waals surface area (Å²) in [5.74, 6) is -1.62. The van der Waals surface area contributed by atoms with E-state index in [9.17, 15) is 35.2 Å². The topological polar surface area (TPSA) is 154 Å². The molecule has 1 unspecified atom stereocenters. The maximum atomic E-state index is 11.6. The highest BCUT2D eigenvalue weighted by Gasteiger charge is 2.22. The van der Waals surface area contributed by atoms with E-state index in [2.05, 4.69) is 11.8 Å². The summed E-state index contributed by atoms with van der Waals surface area (Å²) in [6, 6.07) is 28.5. The van der Waals surface area contributed by atoms with Crippen LogP contribution in [0.15, 0.2) is 109 Å². The van der Waals surface area contributed by atoms with Crippen molar-refractivity contribution >= 4 is 33.5 Å². The summed E-state index contributed by atoms with van der Waals surface area (Å²) < 4.78 is 6.65. The highest BCUT2D eigenvalue weighted by molar-refractivity contribution is 6.02. The lowest BCUT2D eigenvalue weighted by atomic mass is 9.90. The van der Waals surface area contributed by atoms with E-state index in [1.807, 2.05) is 36.4 Å². The van der Waals surface area contributed by atoms with E-state index in [0.29, 0.717) is 32.7 Å². The van der Waals surface area contributed by atoms with Crippen molar-refractivity contribution in [3.8, 4) is 28.4 Å². The fourth-order valence-corrected chi connectivity index (χ4v) is 7.00. The molecule has 1 aliphatic rings. The Kier molecular flexibility index (Phi) is 11.4. The number of aromatic hydroxyl groups is 2. The van der Waals surface area contributed by atoms with Gasteiger partial charge in [-0.2, -0.15) is 4.73 Å². The first-order chi connectivity index (χ1) is 25.6. The van der Waals surface area contributed by atoms with Crippen LogP contribution in [0.2, 0.25) is 0 Å². The minimum Gasteiger partial charge on any atom is -0.619 e. The van der Waals surface area contributed by atoms with Gasteiger partial charge in [-0.1, -0.05) is 67.6 Å². The number of hydrogen-bond acceptors (Lipinski definition) is 7. The molecule has 7 rings (SSSR count). The fourth-order valence-electron chi connectivity index (χ4n) is 7.00. The molecule has 6 aromatic rings. The van der Waals surface area contributed by atoms with E-state index in [0.717, 1.165) is 47.1 Å². The zero-order chi connectivity index (χ0) is 37.5. The van der Waals surface area contributed by atoms with Crippen molar-refractivity contribution in [2.24, 2.45) is 5.92 Å². The van der Waals surface area contributed by atoms with Crippen LogP contribution in [0.25, 0.3) is 32.7 Å². The molecule has 0 aliphatic carbocycles. The number of carbonyl (C=O) groups is 2. The van der Waals surface area contributed by atoms with E-state index in [-0.39, 0.29) is 17.5 Å². The van der Waals surface area contributed by atoms with Crippen LogP contribution in [0.1, 0.15) is 58.0 Å². The van der Waals surface area contributed by atoms with E-state index in [4.69, 9.17) is 4.74 Å². The van der Waals surface area contributed by atoms with Crippen molar-refractivity contribution in [1.29, 1.82) is 0 Å². The number of carboxylic acid groups (broad SMARTS) is 2. The number of pyridine rings is 1. The number of phenols is 2. The summed E-state index contributed by atoms with van der Waals surface area (Å²) in [5.41, 5.74) is 2.24. The number of benzene rings is 5. The van der Waals surface area contributed by atoms with Gasteiger partial charge in [0.1, 0.15) is 28.4 Å². The molecule has 1 aliphatic heterocycles. The summed E-state index contributed by atoms with van der Waals surface area (Å²) in [6.45, 7) is 6.69. The molecule has 0 bridgehead atoms. The Balaban J connectivity index is 0.000000185. The normalized spacial score (nSPS) is 14.4. The lowest BCUT2D eigenvalue weighted by Gasteiger charge is -2.30. The molecule has 0 radical (unpaired) electrons. The Labute approximate surface area is 307 Å². The van der Waals surface area contributed by atoms with Gasteiger partial charge in [0.2, 0.25) is 0 Å². The van der Waals surface area contributed by atoms with Crippen LogP contribution in [0.3, 0.4) is 0 Å². The number of likely N-dealkylation sites (tertiary alicyclic amines) is 1. The quantitative estimate of drug-likeness (QED) is 0.0630. The van der Waals surface area contributed by atoms with Gasteiger partial charge < -0.3 is 35.3 Å². The maximum Gasteiger partial charge on any atom is 0.339 e. The van der Waals surface area contributed by atoms with Crippen LogP contribution in [0, 0.1) is 11.1 Å². The number of carboxylic acids is 2. The van der Waals surface area contributed by atoms with Gasteiger partial charge in [0, 0.05) is 42.8 Å². The summed E-state index contributed by atoms with van der Waals surface area (Å²) in [5, 5.41) is 53.9. The minimum absolute atomic E-state index is 0.0407. The molecule has 0 spiro atoms. The van der Waals surface area contributed by atoms with Crippen molar-refractivity contribution in [1.82, 2.24) is 4.90 Å². The van der Waals surface area contributed by atoms with Crippen LogP contribution in [-0.4, -0.2) is 63.5 Å². The predicted molar refractivity (Wildman–Crippen MR) is 204 cm³/mol. The molecule has 4 N–H and O–H groups in total. The van der Waals surface area contributed by atoms with E-state index >= 15 is 0 Å². The number of piperidine rings is 1. The molecular weight excluding hydrogens is 672 g/mol. The SMILES string of the molecule is CC1CCCN(CCCOc2ccc(-c3cc[n+]([O-])cc3)cc2)C1.O=C(O)c1cc2ccccc2c(Cc2c(O)c(C(=O)O)cc3ccccc23)c1O. The number of hydrogen-bond donors (Lipinski definition) is 4. The predicted octanol–water partition coefficient (Wildman–Crippen LogP) is 7.88. The van der Waals surface area contributed by atoms with Crippen LogP contribution < -0.4 is 9.47 Å². The van der Waals surface area contributed by atoms with Crippen LogP contribution in [0.4, 0.5) is 0 Å². The van der Waals surface area contributed by atoms with Crippen molar-refractivity contribution in [3.63, 3.8) is 0 Å². The highest BCUT2D eigenvalue weighted by Crippen LogP contribution is 2.38. The third-order valence-electron chi connectivity index (χ3n) is 9.69. The lowest BCUT2D eigenvalue weighted by molar-refractivity contribution is -0.605. The summed E-state index contributed by atoms with van der Waals surface area (Å²) in [6.07, 6.45) is 6.75. The summed E-state index contributed by atoms with van der Waals surface area (Å²) in [4.78, 5) is 25.8. The van der Waals surface area contributed by atoms with E-state index in [1.165, 1.54) is 50.5 Å². The van der Waals surface area contributed by atoms with Gasteiger partial charge in [-0.25, -0.2) is 9.59 Å². The first-order valence-electron chi connectivity index (χ1n) is 17.7. The third-order valence-corrected chi connectivity index (χ3v) is 9.69. The molecular formula is C43H42N2O8. The second kappa shape index (κ2) is 16.5. The Morgan fingerprint density at radius 2 is 1.32 bits per heavy atom. The Bertz CT molecular complexity index is 2130. The zero-order valence-electron chi connectivity index (χ0n) is 29.4. The number of fused-ring (bicyclic) bond motifs is 2. The fraction of sp³-hybridized carbons (Fsp3) is 0.233. The second-order valence-electron chi connectivity index (χ2n) is 13.5. The van der Waals surface area contributed by atoms with E-state index < -0.39 is 23.4 Å². The average molecular weight is 715 g/mol. The molecule has 1 atom stereocenters. The van der Waals surface area contributed by atoms with E-state index in [1.54, 1.807) is 48.5 Å². The molecule has 0 amide bonds. The Hall–Kier alpha value is -6.13. The van der Waals surface area contributed by atoms with Crippen LogP contribution in [0.5, 0.6) is 17.2 Å². The standard InChI is InChI=1S/C23H16O6.C20H26N2O2/c24-20-16(14-7-3-1-5-12(14)9-18(20)22(26)27)11-17-15-8-4-2-6-13(15)10-19(21(17)25)23(28)29;1-17-4-2-11-21(16-17)12-3-15-24-20-7-5-18(6-8-20)19-9-13-22(23)14-10-19/h1-10,24-25H,11H2,(H,26,27)(H,28,29);5-10,13-14,17H,2-4,11-12,15-16H2,1H3. The number of nitrogens with zero attached hydrogens (tertiary/aromatic N) is 2.